The fraction of sp³-hybridized carbons (Fsp3) is 0.656. The maximum Gasteiger partial charge on any atom is 0.227 e. The van der Waals surface area contributed by atoms with Gasteiger partial charge in [0.1, 0.15) is 0 Å². The van der Waals surface area contributed by atoms with Crippen molar-refractivity contribution < 1.29 is 14.7 Å². The van der Waals surface area contributed by atoms with Crippen LogP contribution in [0.5, 0.6) is 0 Å². The number of aryl methyl sites for hydroxylation is 1. The molecule has 1 aliphatic heterocycles. The molecule has 4 unspecified atom stereocenters. The van der Waals surface area contributed by atoms with Crippen molar-refractivity contribution in [3.8, 4) is 0 Å². The number of nitrogens with one attached hydrogen (secondary N) is 1. The second-order valence-electron chi connectivity index (χ2n) is 13.9. The van der Waals surface area contributed by atoms with Gasteiger partial charge in [0.05, 0.1) is 41.0 Å². The van der Waals surface area contributed by atoms with Gasteiger partial charge in [0.25, 0.3) is 0 Å². The van der Waals surface area contributed by atoms with Crippen LogP contribution < -0.4 is 5.32 Å². The van der Waals surface area contributed by atoms with Crippen LogP contribution >= 0.6 is 0 Å². The van der Waals surface area contributed by atoms with Crippen LogP contribution in [0.2, 0.25) is 0 Å². The minimum Gasteiger partial charge on any atom is -0.393 e. The van der Waals surface area contributed by atoms with Crippen LogP contribution in [0.1, 0.15) is 97.9 Å². The maximum atomic E-state index is 14.0. The molecule has 0 radical (unpaired) electrons. The van der Waals surface area contributed by atoms with E-state index in [2.05, 4.69) is 67.7 Å². The van der Waals surface area contributed by atoms with Crippen LogP contribution in [0.4, 0.5) is 0 Å². The lowest BCUT2D eigenvalue weighted by molar-refractivity contribution is -0.126. The van der Waals surface area contributed by atoms with E-state index in [1.807, 2.05) is 37.0 Å². The summed E-state index contributed by atoms with van der Waals surface area (Å²) in [6, 6.07) is -0.669. The highest BCUT2D eigenvalue weighted by molar-refractivity contribution is 5.97. The molecule has 0 saturated heterocycles. The number of nitrogens with zero attached hydrogens (tertiary/aromatic N) is 4. The van der Waals surface area contributed by atoms with Gasteiger partial charge in [-0.25, -0.2) is 4.99 Å². The van der Waals surface area contributed by atoms with Crippen molar-refractivity contribution in [2.45, 2.75) is 111 Å². The van der Waals surface area contributed by atoms with Crippen molar-refractivity contribution in [2.75, 3.05) is 6.54 Å². The van der Waals surface area contributed by atoms with E-state index in [1.54, 1.807) is 6.08 Å². The van der Waals surface area contributed by atoms with Gasteiger partial charge in [0.15, 0.2) is 5.78 Å². The number of carbonyl (C=O) groups excluding carboxylic acids is 2. The molecule has 8 heteroatoms. The fourth-order valence-electron chi connectivity index (χ4n) is 5.75. The Balaban J connectivity index is 1.57. The summed E-state index contributed by atoms with van der Waals surface area (Å²) in [5.74, 6) is 2.73. The molecule has 2 saturated carbocycles. The van der Waals surface area contributed by atoms with Gasteiger partial charge in [-0.1, -0.05) is 26.3 Å². The van der Waals surface area contributed by atoms with Crippen LogP contribution in [-0.2, 0) is 15.1 Å². The Labute approximate surface area is 239 Å². The van der Waals surface area contributed by atoms with Crippen LogP contribution in [0, 0.1) is 24.2 Å². The number of carbonyl (C=O) groups is 2. The lowest BCUT2D eigenvalue weighted by Gasteiger charge is -2.38. The van der Waals surface area contributed by atoms with Crippen molar-refractivity contribution in [3.63, 3.8) is 0 Å². The first kappa shape index (κ1) is 30.0. The van der Waals surface area contributed by atoms with Crippen LogP contribution in [0.3, 0.4) is 0 Å². The van der Waals surface area contributed by atoms with Gasteiger partial charge in [0.2, 0.25) is 5.91 Å². The SMILES string of the molecule is Cc1nn(C(C)(C)C)cc1C(C)NC(=O)C1CC(O)CC/C1=C/C(=O)C(N1C=C(C2CC2)N=C=CC1)C(C)(C)C. The second kappa shape index (κ2) is 11.5. The van der Waals surface area contributed by atoms with E-state index in [4.69, 9.17) is 0 Å². The molecular weight excluding hydrogens is 502 g/mol. The summed E-state index contributed by atoms with van der Waals surface area (Å²) in [4.78, 5) is 34.2. The molecule has 1 amide bonds. The first-order valence-electron chi connectivity index (χ1n) is 14.7. The molecule has 2 N–H and O–H groups in total. The summed E-state index contributed by atoms with van der Waals surface area (Å²) >= 11 is 0. The summed E-state index contributed by atoms with van der Waals surface area (Å²) in [7, 11) is 0. The molecule has 1 aromatic heterocycles. The summed E-state index contributed by atoms with van der Waals surface area (Å²) in [5, 5.41) is 18.3. The van der Waals surface area contributed by atoms with E-state index < -0.39 is 18.1 Å². The number of rotatable bonds is 7. The number of aliphatic imine (C=N–C) groups is 1. The predicted octanol–water partition coefficient (Wildman–Crippen LogP) is 4.99. The number of hydrogen-bond donors (Lipinski definition) is 2. The van der Waals surface area contributed by atoms with E-state index in [9.17, 15) is 14.7 Å². The van der Waals surface area contributed by atoms with Crippen molar-refractivity contribution in [3.05, 3.63) is 47.1 Å². The number of aromatic nitrogens is 2. The zero-order chi connectivity index (χ0) is 29.4. The quantitative estimate of drug-likeness (QED) is 0.467. The zero-order valence-corrected chi connectivity index (χ0v) is 25.5. The van der Waals surface area contributed by atoms with Gasteiger partial charge in [-0.15, -0.1) is 0 Å². The zero-order valence-electron chi connectivity index (χ0n) is 25.5. The van der Waals surface area contributed by atoms with Gasteiger partial charge in [0, 0.05) is 30.4 Å². The Kier molecular flexibility index (Phi) is 8.63. The molecule has 4 atom stereocenters. The fourth-order valence-corrected chi connectivity index (χ4v) is 5.75. The van der Waals surface area contributed by atoms with Crippen molar-refractivity contribution in [2.24, 2.45) is 22.2 Å². The van der Waals surface area contributed by atoms with E-state index in [-0.39, 0.29) is 28.7 Å². The lowest BCUT2D eigenvalue weighted by atomic mass is 9.78. The largest absolute Gasteiger partial charge is 0.393 e. The van der Waals surface area contributed by atoms with Gasteiger partial charge in [-0.05, 0) is 90.2 Å². The van der Waals surface area contributed by atoms with Crippen LogP contribution in [0.25, 0.3) is 0 Å². The first-order valence-corrected chi connectivity index (χ1v) is 14.7. The van der Waals surface area contributed by atoms with E-state index in [1.165, 1.54) is 0 Å². The lowest BCUT2D eigenvalue weighted by Crippen LogP contribution is -2.47. The third-order valence-corrected chi connectivity index (χ3v) is 8.12. The highest BCUT2D eigenvalue weighted by Crippen LogP contribution is 2.39. The molecule has 2 fully saturated rings. The number of hydrogen-bond acceptors (Lipinski definition) is 6. The average molecular weight is 550 g/mol. The topological polar surface area (TPSA) is 99.8 Å². The third kappa shape index (κ3) is 7.02. The standard InChI is InChI=1S/C32H47N5O3/c1-20(26-18-37(32(6,7)8)35-21(26)2)34-30(40)25-17-24(38)13-12-23(25)16-28(39)29(31(3,4)5)36-15-9-14-33-27(19-36)22-10-11-22/h9,16,18-20,22,24-25,29,38H,10-13,15,17H2,1-8H3,(H,34,40)/b23-16-. The minimum atomic E-state index is -0.570. The Morgan fingerprint density at radius 1 is 1.18 bits per heavy atom. The molecule has 2 aliphatic carbocycles. The van der Waals surface area contributed by atoms with Gasteiger partial charge < -0.3 is 15.3 Å². The molecular formula is C32H47N5O3. The molecule has 0 spiro atoms. The number of aliphatic hydroxyl groups is 1. The number of aliphatic hydroxyl groups excluding tert-OH is 1. The highest BCUT2D eigenvalue weighted by Gasteiger charge is 2.38. The Morgan fingerprint density at radius 3 is 2.48 bits per heavy atom. The van der Waals surface area contributed by atoms with Crippen molar-refractivity contribution in [1.29, 1.82) is 0 Å². The third-order valence-electron chi connectivity index (χ3n) is 8.12. The summed E-state index contributed by atoms with van der Waals surface area (Å²) in [6.07, 6.45) is 10.6. The monoisotopic (exact) mass is 549 g/mol. The molecule has 8 nitrogen and oxygen atoms in total. The molecule has 4 rings (SSSR count). The normalized spacial score (nSPS) is 24.5. The number of allylic oxidation sites excluding steroid dienone is 1. The van der Waals surface area contributed by atoms with Crippen LogP contribution in [0.15, 0.2) is 40.8 Å². The molecule has 0 aromatic carbocycles. The maximum absolute atomic E-state index is 14.0. The smallest absolute Gasteiger partial charge is 0.227 e. The van der Waals surface area contributed by atoms with E-state index in [0.717, 1.165) is 35.4 Å². The Morgan fingerprint density at radius 2 is 1.88 bits per heavy atom. The van der Waals surface area contributed by atoms with E-state index >= 15 is 0 Å². The van der Waals surface area contributed by atoms with Gasteiger partial charge in [-0.2, -0.15) is 5.10 Å². The molecule has 1 aromatic rings. The number of ketones is 1. The Hall–Kier alpha value is -2.96. The first-order chi connectivity index (χ1) is 18.6. The van der Waals surface area contributed by atoms with Crippen molar-refractivity contribution >= 4 is 17.6 Å². The highest BCUT2D eigenvalue weighted by atomic mass is 16.3. The molecule has 2 heterocycles. The van der Waals surface area contributed by atoms with Crippen LogP contribution in [-0.4, -0.2) is 56.0 Å². The predicted molar refractivity (Wildman–Crippen MR) is 158 cm³/mol. The van der Waals surface area contributed by atoms with Gasteiger partial charge in [-0.3, -0.25) is 14.3 Å². The molecule has 3 aliphatic rings. The van der Waals surface area contributed by atoms with E-state index in [0.29, 0.717) is 31.7 Å². The molecule has 218 valence electrons. The Bertz CT molecular complexity index is 1250. The summed E-state index contributed by atoms with van der Waals surface area (Å²) < 4.78 is 1.92. The second-order valence-corrected chi connectivity index (χ2v) is 13.9. The minimum absolute atomic E-state index is 0.0197. The average Bonchev–Trinajstić information content (AvgIpc) is 3.63. The molecule has 40 heavy (non-hydrogen) atoms. The summed E-state index contributed by atoms with van der Waals surface area (Å²) in [6.45, 7) is 17.0. The van der Waals surface area contributed by atoms with Gasteiger partial charge >= 0.3 is 0 Å². The number of amides is 1. The summed E-state index contributed by atoms with van der Waals surface area (Å²) in [5.41, 5.74) is 3.11. The molecule has 0 bridgehead atoms. The van der Waals surface area contributed by atoms with Crippen molar-refractivity contribution in [1.82, 2.24) is 20.0 Å².